The van der Waals surface area contributed by atoms with Crippen molar-refractivity contribution in [3.05, 3.63) is 36.4 Å². The van der Waals surface area contributed by atoms with Crippen molar-refractivity contribution in [3.8, 4) is 23.0 Å². The standard InChI is InChI=1S/C16H22O2Si/c1-17-15-9-11-16(12-10-15)18-13-7-5-6-8-14-19(2,3)4/h5-6,9-12H,7,13H2,1-4H3/b6-5+. The van der Waals surface area contributed by atoms with Gasteiger partial charge in [-0.1, -0.05) is 31.6 Å². The summed E-state index contributed by atoms with van der Waals surface area (Å²) < 4.78 is 10.7. The lowest BCUT2D eigenvalue weighted by Crippen LogP contribution is -2.16. The Morgan fingerprint density at radius 3 is 2.32 bits per heavy atom. The van der Waals surface area contributed by atoms with Crippen LogP contribution in [0.2, 0.25) is 19.6 Å². The van der Waals surface area contributed by atoms with E-state index in [1.165, 1.54) is 0 Å². The molecule has 0 aliphatic rings. The van der Waals surface area contributed by atoms with E-state index in [1.54, 1.807) is 7.11 Å². The predicted octanol–water partition coefficient (Wildman–Crippen LogP) is 3.90. The highest BCUT2D eigenvalue weighted by atomic mass is 28.3. The molecule has 0 saturated heterocycles. The molecule has 1 aromatic rings. The second-order valence-electron chi connectivity index (χ2n) is 5.23. The molecule has 0 heterocycles. The highest BCUT2D eigenvalue weighted by molar-refractivity contribution is 6.83. The summed E-state index contributed by atoms with van der Waals surface area (Å²) in [7, 11) is 0.412. The van der Waals surface area contributed by atoms with E-state index in [1.807, 2.05) is 30.3 Å². The molecule has 0 spiro atoms. The third-order valence-electron chi connectivity index (χ3n) is 2.26. The van der Waals surface area contributed by atoms with Crippen molar-refractivity contribution < 1.29 is 9.47 Å². The maximum Gasteiger partial charge on any atom is 0.129 e. The van der Waals surface area contributed by atoms with Gasteiger partial charge in [0.2, 0.25) is 0 Å². The summed E-state index contributed by atoms with van der Waals surface area (Å²) in [5, 5.41) is 0. The maximum atomic E-state index is 5.61. The number of hydrogen-bond acceptors (Lipinski definition) is 2. The molecule has 0 aliphatic carbocycles. The van der Waals surface area contributed by atoms with Gasteiger partial charge in [-0.15, -0.1) is 5.54 Å². The average molecular weight is 274 g/mol. The fraction of sp³-hybridized carbons (Fsp3) is 0.375. The second-order valence-corrected chi connectivity index (χ2v) is 9.98. The molecule has 3 heteroatoms. The highest BCUT2D eigenvalue weighted by Gasteiger charge is 2.06. The first kappa shape index (κ1) is 15.4. The summed E-state index contributed by atoms with van der Waals surface area (Å²) in [6.45, 7) is 7.37. The SMILES string of the molecule is COc1ccc(OCC/C=C/C#C[Si](C)(C)C)cc1. The number of benzene rings is 1. The molecule has 1 aromatic carbocycles. The molecule has 102 valence electrons. The first-order chi connectivity index (χ1) is 9.01. The van der Waals surface area contributed by atoms with Crippen LogP contribution in [-0.2, 0) is 0 Å². The summed E-state index contributed by atoms with van der Waals surface area (Å²) in [5.74, 6) is 4.80. The van der Waals surface area contributed by atoms with Gasteiger partial charge in [-0.3, -0.25) is 0 Å². The maximum absolute atomic E-state index is 5.61. The van der Waals surface area contributed by atoms with E-state index in [-0.39, 0.29) is 0 Å². The molecule has 0 atom stereocenters. The van der Waals surface area contributed by atoms with Gasteiger partial charge in [-0.2, -0.15) is 0 Å². The smallest absolute Gasteiger partial charge is 0.129 e. The first-order valence-electron chi connectivity index (χ1n) is 6.46. The summed E-state index contributed by atoms with van der Waals surface area (Å²) >= 11 is 0. The Balaban J connectivity index is 2.26. The van der Waals surface area contributed by atoms with Crippen LogP contribution in [0.3, 0.4) is 0 Å². The normalized spacial score (nSPS) is 10.9. The Morgan fingerprint density at radius 2 is 1.74 bits per heavy atom. The minimum absolute atomic E-state index is 0.664. The van der Waals surface area contributed by atoms with Crippen molar-refractivity contribution in [3.63, 3.8) is 0 Å². The van der Waals surface area contributed by atoms with Crippen molar-refractivity contribution >= 4 is 8.07 Å². The average Bonchev–Trinajstić information content (AvgIpc) is 2.37. The number of ether oxygens (including phenoxy) is 2. The highest BCUT2D eigenvalue weighted by Crippen LogP contribution is 2.16. The molecule has 0 aliphatic heterocycles. The third-order valence-corrected chi connectivity index (χ3v) is 3.16. The van der Waals surface area contributed by atoms with Crippen LogP contribution < -0.4 is 9.47 Å². The van der Waals surface area contributed by atoms with E-state index in [9.17, 15) is 0 Å². The molecule has 0 N–H and O–H groups in total. The molecule has 0 saturated carbocycles. The van der Waals surface area contributed by atoms with Crippen LogP contribution in [0.15, 0.2) is 36.4 Å². The van der Waals surface area contributed by atoms with Gasteiger partial charge < -0.3 is 9.47 Å². The molecular formula is C16H22O2Si. The van der Waals surface area contributed by atoms with Crippen LogP contribution in [-0.4, -0.2) is 21.8 Å². The minimum Gasteiger partial charge on any atom is -0.497 e. The van der Waals surface area contributed by atoms with Crippen LogP contribution in [0.5, 0.6) is 11.5 Å². The molecular weight excluding hydrogens is 252 g/mol. The Bertz CT molecular complexity index is 458. The zero-order valence-corrected chi connectivity index (χ0v) is 13.2. The second kappa shape index (κ2) is 7.70. The lowest BCUT2D eigenvalue weighted by Gasteiger charge is -2.05. The molecule has 19 heavy (non-hydrogen) atoms. The van der Waals surface area contributed by atoms with Crippen molar-refractivity contribution in [2.45, 2.75) is 26.1 Å². The summed E-state index contributed by atoms with van der Waals surface area (Å²) in [6, 6.07) is 7.61. The molecule has 2 nitrogen and oxygen atoms in total. The van der Waals surface area contributed by atoms with Gasteiger partial charge in [0, 0.05) is 6.42 Å². The summed E-state index contributed by atoms with van der Waals surface area (Å²) in [5.41, 5.74) is 3.29. The van der Waals surface area contributed by atoms with Crippen molar-refractivity contribution in [2.24, 2.45) is 0 Å². The van der Waals surface area contributed by atoms with Gasteiger partial charge in [0.05, 0.1) is 13.7 Å². The number of methoxy groups -OCH3 is 1. The van der Waals surface area contributed by atoms with Crippen molar-refractivity contribution in [1.82, 2.24) is 0 Å². The van der Waals surface area contributed by atoms with E-state index < -0.39 is 8.07 Å². The van der Waals surface area contributed by atoms with E-state index in [4.69, 9.17) is 9.47 Å². The lowest BCUT2D eigenvalue weighted by atomic mass is 10.3. The fourth-order valence-corrected chi connectivity index (χ4v) is 1.83. The first-order valence-corrected chi connectivity index (χ1v) is 9.96. The topological polar surface area (TPSA) is 18.5 Å². The van der Waals surface area contributed by atoms with Crippen LogP contribution >= 0.6 is 0 Å². The van der Waals surface area contributed by atoms with Crippen molar-refractivity contribution in [2.75, 3.05) is 13.7 Å². The van der Waals surface area contributed by atoms with Crippen LogP contribution in [0.25, 0.3) is 0 Å². The molecule has 1 rings (SSSR count). The van der Waals surface area contributed by atoms with E-state index >= 15 is 0 Å². The van der Waals surface area contributed by atoms with Gasteiger partial charge in [-0.05, 0) is 30.3 Å². The van der Waals surface area contributed by atoms with Gasteiger partial charge in [0.1, 0.15) is 19.6 Å². The zero-order chi connectivity index (χ0) is 14.1. The van der Waals surface area contributed by atoms with Crippen LogP contribution in [0.1, 0.15) is 6.42 Å². The zero-order valence-electron chi connectivity index (χ0n) is 12.2. The molecule has 0 fully saturated rings. The van der Waals surface area contributed by atoms with Gasteiger partial charge >= 0.3 is 0 Å². The summed E-state index contributed by atoms with van der Waals surface area (Å²) in [4.78, 5) is 0. The monoisotopic (exact) mass is 274 g/mol. The molecule has 0 bridgehead atoms. The van der Waals surface area contributed by atoms with Crippen LogP contribution in [0, 0.1) is 11.5 Å². The minimum atomic E-state index is -1.24. The van der Waals surface area contributed by atoms with Gasteiger partial charge in [-0.25, -0.2) is 0 Å². The van der Waals surface area contributed by atoms with Crippen molar-refractivity contribution in [1.29, 1.82) is 0 Å². The van der Waals surface area contributed by atoms with Gasteiger partial charge in [0.25, 0.3) is 0 Å². The number of allylic oxidation sites excluding steroid dienone is 1. The molecule has 0 aromatic heterocycles. The predicted molar refractivity (Wildman–Crippen MR) is 83.4 cm³/mol. The third kappa shape index (κ3) is 7.38. The number of hydrogen-bond donors (Lipinski definition) is 0. The summed E-state index contributed by atoms with van der Waals surface area (Å²) in [6.07, 6.45) is 4.85. The lowest BCUT2D eigenvalue weighted by molar-refractivity contribution is 0.324. The quantitative estimate of drug-likeness (QED) is 0.460. The van der Waals surface area contributed by atoms with E-state index in [0.29, 0.717) is 6.61 Å². The molecule has 0 radical (unpaired) electrons. The molecule has 0 unspecified atom stereocenters. The Labute approximate surface area is 117 Å². The number of rotatable bonds is 5. The Hall–Kier alpha value is -1.66. The molecule has 0 amide bonds. The fourth-order valence-electron chi connectivity index (χ4n) is 1.32. The largest absolute Gasteiger partial charge is 0.497 e. The van der Waals surface area contributed by atoms with E-state index in [0.717, 1.165) is 17.9 Å². The van der Waals surface area contributed by atoms with Gasteiger partial charge in [0.15, 0.2) is 0 Å². The van der Waals surface area contributed by atoms with Crippen LogP contribution in [0.4, 0.5) is 0 Å². The Kier molecular flexibility index (Phi) is 6.24. The van der Waals surface area contributed by atoms with E-state index in [2.05, 4.69) is 37.2 Å². The Morgan fingerprint density at radius 1 is 1.11 bits per heavy atom.